The Morgan fingerprint density at radius 1 is 1.23 bits per heavy atom. The third-order valence-electron chi connectivity index (χ3n) is 5.27. The van der Waals surface area contributed by atoms with Gasteiger partial charge in [-0.1, -0.05) is 34.9 Å². The number of anilines is 1. The van der Waals surface area contributed by atoms with Gasteiger partial charge in [0.05, 0.1) is 23.4 Å². The fraction of sp³-hybridized carbons (Fsp3) is 0.435. The zero-order valence-corrected chi connectivity index (χ0v) is 19.4. The maximum Gasteiger partial charge on any atom is 0.119 e. The first-order valence-corrected chi connectivity index (χ1v) is 11.1. The van der Waals surface area contributed by atoms with E-state index in [2.05, 4.69) is 15.2 Å². The molecule has 0 amide bonds. The van der Waals surface area contributed by atoms with Gasteiger partial charge in [0.1, 0.15) is 17.3 Å². The van der Waals surface area contributed by atoms with Crippen molar-refractivity contribution < 1.29 is 24.7 Å². The van der Waals surface area contributed by atoms with Crippen LogP contribution in [0.1, 0.15) is 47.9 Å². The molecule has 0 saturated carbocycles. The standard InChI is InChI=1S/C23H28ClNO5S/c1-15-11-19(28-10-8-18-5-3-4-9-27-18)12-16(2)22(15)23(31)25-21-13-17(14-29-30-26)6-7-20(21)24/h6-7,11-13,18,26H,3-5,8-10,14H2,1-2H3,(H,25,31)/t18-/m1/s1. The van der Waals surface area contributed by atoms with Crippen LogP contribution in [0.25, 0.3) is 0 Å². The highest BCUT2D eigenvalue weighted by molar-refractivity contribution is 7.81. The average Bonchev–Trinajstić information content (AvgIpc) is 2.74. The van der Waals surface area contributed by atoms with Gasteiger partial charge < -0.3 is 14.8 Å². The highest BCUT2D eigenvalue weighted by atomic mass is 35.5. The third kappa shape index (κ3) is 6.87. The molecular weight excluding hydrogens is 438 g/mol. The van der Waals surface area contributed by atoms with Crippen molar-refractivity contribution in [2.45, 2.75) is 52.2 Å². The lowest BCUT2D eigenvalue weighted by molar-refractivity contribution is -0.496. The topological polar surface area (TPSA) is 69.2 Å². The van der Waals surface area contributed by atoms with Crippen molar-refractivity contribution in [3.63, 3.8) is 0 Å². The van der Waals surface area contributed by atoms with Gasteiger partial charge in [-0.05, 0) is 74.1 Å². The Hall–Kier alpha value is -1.74. The van der Waals surface area contributed by atoms with Crippen molar-refractivity contribution in [1.82, 2.24) is 0 Å². The average molecular weight is 466 g/mol. The summed E-state index contributed by atoms with van der Waals surface area (Å²) in [6.07, 6.45) is 4.72. The smallest absolute Gasteiger partial charge is 0.119 e. The zero-order chi connectivity index (χ0) is 22.2. The highest BCUT2D eigenvalue weighted by Gasteiger charge is 2.15. The minimum atomic E-state index is 0.0745. The lowest BCUT2D eigenvalue weighted by Gasteiger charge is -2.22. The summed E-state index contributed by atoms with van der Waals surface area (Å²) in [5.74, 6) is 0.832. The van der Waals surface area contributed by atoms with Gasteiger partial charge >= 0.3 is 0 Å². The van der Waals surface area contributed by atoms with E-state index in [0.29, 0.717) is 28.4 Å². The molecule has 0 bridgehead atoms. The van der Waals surface area contributed by atoms with Crippen LogP contribution in [0.4, 0.5) is 5.69 Å². The summed E-state index contributed by atoms with van der Waals surface area (Å²) in [7, 11) is 0. The summed E-state index contributed by atoms with van der Waals surface area (Å²) < 4.78 is 11.8. The highest BCUT2D eigenvalue weighted by Crippen LogP contribution is 2.28. The van der Waals surface area contributed by atoms with E-state index in [1.165, 1.54) is 6.42 Å². The summed E-state index contributed by atoms with van der Waals surface area (Å²) in [4.78, 5) is 5.12. The minimum Gasteiger partial charge on any atom is -0.493 e. The number of thiocarbonyl (C=S) groups is 1. The third-order valence-corrected chi connectivity index (χ3v) is 5.91. The molecule has 2 N–H and O–H groups in total. The minimum absolute atomic E-state index is 0.0745. The molecule has 2 aromatic rings. The van der Waals surface area contributed by atoms with Gasteiger partial charge in [0.15, 0.2) is 0 Å². The summed E-state index contributed by atoms with van der Waals surface area (Å²) in [6.45, 7) is 5.59. The van der Waals surface area contributed by atoms with Gasteiger partial charge in [-0.2, -0.15) is 0 Å². The van der Waals surface area contributed by atoms with Crippen LogP contribution in [-0.4, -0.2) is 29.6 Å². The van der Waals surface area contributed by atoms with Crippen LogP contribution >= 0.6 is 23.8 Å². The number of hydrogen-bond donors (Lipinski definition) is 2. The largest absolute Gasteiger partial charge is 0.493 e. The predicted molar refractivity (Wildman–Crippen MR) is 125 cm³/mol. The molecule has 0 spiro atoms. The number of hydrogen-bond acceptors (Lipinski definition) is 6. The van der Waals surface area contributed by atoms with Crippen LogP contribution in [0.5, 0.6) is 5.75 Å². The zero-order valence-electron chi connectivity index (χ0n) is 17.8. The molecule has 1 aliphatic heterocycles. The van der Waals surface area contributed by atoms with Crippen LogP contribution in [0.2, 0.25) is 5.02 Å². The van der Waals surface area contributed by atoms with E-state index >= 15 is 0 Å². The summed E-state index contributed by atoms with van der Waals surface area (Å²) >= 11 is 12.0. The van der Waals surface area contributed by atoms with Crippen LogP contribution in [0, 0.1) is 13.8 Å². The Kier molecular flexibility index (Phi) is 9.07. The number of aryl methyl sites for hydroxylation is 2. The second-order valence-electron chi connectivity index (χ2n) is 7.66. The molecule has 1 fully saturated rings. The van der Waals surface area contributed by atoms with Crippen molar-refractivity contribution in [1.29, 1.82) is 0 Å². The van der Waals surface area contributed by atoms with E-state index < -0.39 is 0 Å². The van der Waals surface area contributed by atoms with Gasteiger partial charge in [-0.25, -0.2) is 10.1 Å². The fourth-order valence-corrected chi connectivity index (χ4v) is 4.34. The molecule has 2 aromatic carbocycles. The van der Waals surface area contributed by atoms with Gasteiger partial charge in [0, 0.05) is 18.6 Å². The maximum atomic E-state index is 8.35. The first-order valence-electron chi connectivity index (χ1n) is 10.4. The van der Waals surface area contributed by atoms with Crippen LogP contribution in [0.15, 0.2) is 30.3 Å². The summed E-state index contributed by atoms with van der Waals surface area (Å²) in [5, 5.41) is 15.8. The van der Waals surface area contributed by atoms with E-state index in [1.54, 1.807) is 18.2 Å². The molecule has 0 unspecified atom stereocenters. The second kappa shape index (κ2) is 11.8. The second-order valence-corrected chi connectivity index (χ2v) is 8.48. The van der Waals surface area contributed by atoms with Gasteiger partial charge in [0.2, 0.25) is 0 Å². The van der Waals surface area contributed by atoms with Crippen molar-refractivity contribution in [3.8, 4) is 5.75 Å². The van der Waals surface area contributed by atoms with Crippen LogP contribution in [0.3, 0.4) is 0 Å². The molecule has 0 aliphatic carbocycles. The van der Waals surface area contributed by atoms with E-state index in [4.69, 9.17) is 38.5 Å². The van der Waals surface area contributed by atoms with Crippen molar-refractivity contribution in [2.75, 3.05) is 18.5 Å². The molecule has 1 heterocycles. The monoisotopic (exact) mass is 465 g/mol. The quantitative estimate of drug-likeness (QED) is 0.267. The lowest BCUT2D eigenvalue weighted by atomic mass is 10.0. The van der Waals surface area contributed by atoms with E-state index in [9.17, 15) is 0 Å². The van der Waals surface area contributed by atoms with E-state index in [0.717, 1.165) is 53.9 Å². The number of nitrogens with one attached hydrogen (secondary N) is 1. The molecule has 8 heteroatoms. The molecule has 0 radical (unpaired) electrons. The molecule has 168 valence electrons. The van der Waals surface area contributed by atoms with Crippen molar-refractivity contribution >= 4 is 34.5 Å². The fourth-order valence-electron chi connectivity index (χ4n) is 3.75. The molecule has 6 nitrogen and oxygen atoms in total. The molecule has 1 aliphatic rings. The Labute approximate surface area is 193 Å². The molecule has 3 rings (SSSR count). The van der Waals surface area contributed by atoms with Gasteiger partial charge in [-0.15, -0.1) is 0 Å². The number of halogens is 1. The lowest BCUT2D eigenvalue weighted by Crippen LogP contribution is -2.21. The SMILES string of the molecule is Cc1cc(OCC[C@H]2CCCCO2)cc(C)c1C(=S)Nc1cc(COOO)ccc1Cl. The normalized spacial score (nSPS) is 16.2. The molecular formula is C23H28ClNO5S. The van der Waals surface area contributed by atoms with Crippen LogP contribution in [-0.2, 0) is 21.3 Å². The van der Waals surface area contributed by atoms with E-state index in [-0.39, 0.29) is 6.61 Å². The van der Waals surface area contributed by atoms with Gasteiger partial charge in [-0.3, -0.25) is 0 Å². The first-order chi connectivity index (χ1) is 15.0. The Bertz CT molecular complexity index is 879. The maximum absolute atomic E-state index is 8.35. The van der Waals surface area contributed by atoms with E-state index in [1.807, 2.05) is 26.0 Å². The number of ether oxygens (including phenoxy) is 2. The Morgan fingerprint density at radius 2 is 2.00 bits per heavy atom. The molecule has 0 aromatic heterocycles. The predicted octanol–water partition coefficient (Wildman–Crippen LogP) is 6.00. The molecule has 1 saturated heterocycles. The number of benzene rings is 2. The summed E-state index contributed by atoms with van der Waals surface area (Å²) in [5.41, 5.74) is 4.39. The number of rotatable bonds is 9. The molecule has 1 atom stereocenters. The van der Waals surface area contributed by atoms with Crippen molar-refractivity contribution in [2.24, 2.45) is 0 Å². The Morgan fingerprint density at radius 3 is 2.68 bits per heavy atom. The first kappa shape index (κ1) is 23.9. The van der Waals surface area contributed by atoms with Crippen molar-refractivity contribution in [3.05, 3.63) is 57.6 Å². The van der Waals surface area contributed by atoms with Crippen LogP contribution < -0.4 is 10.1 Å². The molecule has 31 heavy (non-hydrogen) atoms. The Balaban J connectivity index is 1.64. The van der Waals surface area contributed by atoms with Gasteiger partial charge in [0.25, 0.3) is 0 Å². The summed E-state index contributed by atoms with van der Waals surface area (Å²) in [6, 6.07) is 9.31.